The number of hydrogen-bond donors (Lipinski definition) is 2. The monoisotopic (exact) mass is 384 g/mol. The minimum Gasteiger partial charge on any atom is -0.453 e. The van der Waals surface area contributed by atoms with Crippen LogP contribution in [0.5, 0.6) is 0 Å². The third-order valence-electron chi connectivity index (χ3n) is 3.87. The molecule has 0 aliphatic carbocycles. The lowest BCUT2D eigenvalue weighted by Crippen LogP contribution is -2.51. The standard InChI is InChI=1S/C15H21BrN4O3/c1-8(2)11(19-15(22)23-4)14(21)20-6-5-9(3)12(20)13-17-7-10(16)18-13/h7-8,11-12H,3,5-6H2,1-2,4H3,(H,17,18)(H,19,22). The Morgan fingerprint density at radius 2 is 2.26 bits per heavy atom. The van der Waals surface area contributed by atoms with Crippen molar-refractivity contribution in [2.24, 2.45) is 5.92 Å². The minimum absolute atomic E-state index is 0.0700. The van der Waals surface area contributed by atoms with Gasteiger partial charge in [-0.25, -0.2) is 9.78 Å². The first-order valence-corrected chi connectivity index (χ1v) is 8.17. The fraction of sp³-hybridized carbons (Fsp3) is 0.533. The molecule has 2 atom stereocenters. The molecule has 1 aliphatic rings. The Hall–Kier alpha value is -1.83. The van der Waals surface area contributed by atoms with Crippen LogP contribution in [0.1, 0.15) is 32.1 Å². The van der Waals surface area contributed by atoms with Crippen LogP contribution in [0.25, 0.3) is 0 Å². The fourth-order valence-corrected chi connectivity index (χ4v) is 2.96. The second kappa shape index (κ2) is 7.16. The van der Waals surface area contributed by atoms with Gasteiger partial charge in [0.05, 0.1) is 13.3 Å². The van der Waals surface area contributed by atoms with E-state index >= 15 is 0 Å². The molecule has 2 N–H and O–H groups in total. The van der Waals surface area contributed by atoms with E-state index in [4.69, 9.17) is 0 Å². The quantitative estimate of drug-likeness (QED) is 0.780. The largest absolute Gasteiger partial charge is 0.453 e. The lowest BCUT2D eigenvalue weighted by molar-refractivity contribution is -0.135. The van der Waals surface area contributed by atoms with Crippen molar-refractivity contribution in [2.45, 2.75) is 32.4 Å². The van der Waals surface area contributed by atoms with Crippen molar-refractivity contribution in [2.75, 3.05) is 13.7 Å². The number of imidazole rings is 1. The topological polar surface area (TPSA) is 87.3 Å². The Labute approximate surface area is 143 Å². The van der Waals surface area contributed by atoms with Crippen molar-refractivity contribution in [1.82, 2.24) is 20.2 Å². The summed E-state index contributed by atoms with van der Waals surface area (Å²) in [6.07, 6.45) is 1.74. The number of amides is 2. The molecule has 0 saturated carbocycles. The van der Waals surface area contributed by atoms with Crippen molar-refractivity contribution in [3.63, 3.8) is 0 Å². The van der Waals surface area contributed by atoms with E-state index in [1.807, 2.05) is 13.8 Å². The van der Waals surface area contributed by atoms with Gasteiger partial charge in [-0.3, -0.25) is 4.79 Å². The molecule has 7 nitrogen and oxygen atoms in total. The number of nitrogens with one attached hydrogen (secondary N) is 2. The number of alkyl carbamates (subject to hydrolysis) is 1. The zero-order valence-corrected chi connectivity index (χ0v) is 15.0. The summed E-state index contributed by atoms with van der Waals surface area (Å²) < 4.78 is 5.36. The van der Waals surface area contributed by atoms with E-state index < -0.39 is 12.1 Å². The third-order valence-corrected chi connectivity index (χ3v) is 4.27. The average Bonchev–Trinajstić information content (AvgIpc) is 3.09. The number of H-pyrrole nitrogens is 1. The van der Waals surface area contributed by atoms with E-state index in [1.165, 1.54) is 7.11 Å². The van der Waals surface area contributed by atoms with Crippen LogP contribution >= 0.6 is 15.9 Å². The lowest BCUT2D eigenvalue weighted by Gasteiger charge is -2.30. The summed E-state index contributed by atoms with van der Waals surface area (Å²) in [6.45, 7) is 8.36. The van der Waals surface area contributed by atoms with Gasteiger partial charge >= 0.3 is 6.09 Å². The van der Waals surface area contributed by atoms with Crippen molar-refractivity contribution in [3.8, 4) is 0 Å². The van der Waals surface area contributed by atoms with Crippen LogP contribution in [-0.4, -0.2) is 46.6 Å². The fourth-order valence-electron chi connectivity index (χ4n) is 2.66. The first-order chi connectivity index (χ1) is 10.8. The molecular formula is C15H21BrN4O3. The molecule has 2 heterocycles. The van der Waals surface area contributed by atoms with Gasteiger partial charge in [0.15, 0.2) is 0 Å². The van der Waals surface area contributed by atoms with E-state index in [2.05, 4.69) is 42.5 Å². The van der Waals surface area contributed by atoms with Crippen LogP contribution in [0.4, 0.5) is 4.79 Å². The van der Waals surface area contributed by atoms with Crippen molar-refractivity contribution in [3.05, 3.63) is 28.8 Å². The summed E-state index contributed by atoms with van der Waals surface area (Å²) in [5.74, 6) is 0.425. The Morgan fingerprint density at radius 3 is 2.78 bits per heavy atom. The highest BCUT2D eigenvalue weighted by atomic mass is 79.9. The summed E-state index contributed by atoms with van der Waals surface area (Å²) in [7, 11) is 1.28. The molecular weight excluding hydrogens is 364 g/mol. The van der Waals surface area contributed by atoms with E-state index in [-0.39, 0.29) is 17.9 Å². The molecule has 126 valence electrons. The number of likely N-dealkylation sites (tertiary alicyclic amines) is 1. The van der Waals surface area contributed by atoms with Crippen LogP contribution in [0, 0.1) is 5.92 Å². The number of hydrogen-bond acceptors (Lipinski definition) is 4. The minimum atomic E-state index is -0.658. The van der Waals surface area contributed by atoms with Crippen LogP contribution in [0.3, 0.4) is 0 Å². The number of methoxy groups -OCH3 is 1. The summed E-state index contributed by atoms with van der Waals surface area (Å²) in [5, 5.41) is 2.61. The van der Waals surface area contributed by atoms with Crippen LogP contribution in [-0.2, 0) is 9.53 Å². The smallest absolute Gasteiger partial charge is 0.407 e. The molecule has 0 spiro atoms. The van der Waals surface area contributed by atoms with Crippen LogP contribution < -0.4 is 5.32 Å². The second-order valence-electron chi connectivity index (χ2n) is 5.82. The zero-order chi connectivity index (χ0) is 17.1. The van der Waals surface area contributed by atoms with Gasteiger partial charge in [0.2, 0.25) is 5.91 Å². The average molecular weight is 385 g/mol. The van der Waals surface area contributed by atoms with Crippen molar-refractivity contribution >= 4 is 27.9 Å². The van der Waals surface area contributed by atoms with Gasteiger partial charge in [-0.05, 0) is 33.8 Å². The number of ether oxygens (including phenoxy) is 1. The Bertz CT molecular complexity index is 614. The van der Waals surface area contributed by atoms with Gasteiger partial charge in [-0.2, -0.15) is 0 Å². The predicted molar refractivity (Wildman–Crippen MR) is 88.7 cm³/mol. The zero-order valence-electron chi connectivity index (χ0n) is 13.4. The lowest BCUT2D eigenvalue weighted by atomic mass is 10.0. The van der Waals surface area contributed by atoms with E-state index in [0.717, 1.165) is 10.2 Å². The number of rotatable bonds is 4. The molecule has 1 saturated heterocycles. The molecule has 23 heavy (non-hydrogen) atoms. The molecule has 0 radical (unpaired) electrons. The van der Waals surface area contributed by atoms with Gasteiger partial charge < -0.3 is 19.9 Å². The third kappa shape index (κ3) is 3.74. The van der Waals surface area contributed by atoms with Crippen LogP contribution in [0.15, 0.2) is 23.0 Å². The highest BCUT2D eigenvalue weighted by Crippen LogP contribution is 2.35. The van der Waals surface area contributed by atoms with Gasteiger partial charge in [0, 0.05) is 6.54 Å². The summed E-state index contributed by atoms with van der Waals surface area (Å²) in [4.78, 5) is 33.5. The molecule has 2 amide bonds. The highest BCUT2D eigenvalue weighted by Gasteiger charge is 2.39. The van der Waals surface area contributed by atoms with Gasteiger partial charge in [-0.1, -0.05) is 20.4 Å². The Morgan fingerprint density at radius 1 is 1.57 bits per heavy atom. The normalized spacial score (nSPS) is 19.1. The summed E-state index contributed by atoms with van der Waals surface area (Å²) in [5.41, 5.74) is 0.917. The molecule has 1 fully saturated rings. The second-order valence-corrected chi connectivity index (χ2v) is 6.67. The Balaban J connectivity index is 2.24. The first kappa shape index (κ1) is 17.5. The molecule has 2 unspecified atom stereocenters. The van der Waals surface area contributed by atoms with E-state index in [0.29, 0.717) is 18.8 Å². The van der Waals surface area contributed by atoms with Gasteiger partial charge in [0.1, 0.15) is 22.5 Å². The maximum Gasteiger partial charge on any atom is 0.407 e. The number of nitrogens with zero attached hydrogens (tertiary/aromatic N) is 2. The number of carbonyl (C=O) groups excluding carboxylic acids is 2. The molecule has 2 rings (SSSR count). The summed E-state index contributed by atoms with van der Waals surface area (Å²) >= 11 is 3.33. The highest BCUT2D eigenvalue weighted by molar-refractivity contribution is 9.10. The number of halogens is 1. The molecule has 1 aliphatic heterocycles. The molecule has 1 aromatic rings. The molecule has 8 heteroatoms. The van der Waals surface area contributed by atoms with E-state index in [1.54, 1.807) is 11.1 Å². The molecule has 0 aromatic carbocycles. The molecule has 1 aromatic heterocycles. The predicted octanol–water partition coefficient (Wildman–Crippen LogP) is 2.38. The first-order valence-electron chi connectivity index (χ1n) is 7.38. The van der Waals surface area contributed by atoms with Gasteiger partial charge in [0.25, 0.3) is 0 Å². The maximum atomic E-state index is 12.9. The number of aromatic nitrogens is 2. The van der Waals surface area contributed by atoms with Crippen LogP contribution in [0.2, 0.25) is 0 Å². The number of carbonyl (C=O) groups is 2. The Kier molecular flexibility index (Phi) is 5.46. The number of aromatic amines is 1. The van der Waals surface area contributed by atoms with Crippen molar-refractivity contribution < 1.29 is 14.3 Å². The molecule has 0 bridgehead atoms. The van der Waals surface area contributed by atoms with Crippen molar-refractivity contribution in [1.29, 1.82) is 0 Å². The SMILES string of the molecule is C=C1CCN(C(=O)C(NC(=O)OC)C(C)C)C1c1ncc(Br)[nH]1. The van der Waals surface area contributed by atoms with Gasteiger partial charge in [-0.15, -0.1) is 0 Å². The van der Waals surface area contributed by atoms with E-state index in [9.17, 15) is 9.59 Å². The maximum absolute atomic E-state index is 12.9. The summed E-state index contributed by atoms with van der Waals surface area (Å²) in [6, 6.07) is -0.969.